The zero-order valence-corrected chi connectivity index (χ0v) is 15.8. The van der Waals surface area contributed by atoms with Gasteiger partial charge in [-0.1, -0.05) is 62.9 Å². The minimum Gasteiger partial charge on any atom is -0.870 e. The molecule has 2 rings (SSSR count). The van der Waals surface area contributed by atoms with Crippen LogP contribution in [0.25, 0.3) is 10.8 Å². The Balaban J connectivity index is 0.00000288. The Morgan fingerprint density at radius 1 is 0.708 bits per heavy atom. The predicted octanol–water partition coefficient (Wildman–Crippen LogP) is 6.37. The Morgan fingerprint density at radius 2 is 1.33 bits per heavy atom. The molecular formula is C22H35NO. The van der Waals surface area contributed by atoms with E-state index in [9.17, 15) is 0 Å². The standard InChI is InChI=1S/C22H34N.H2O/c1-4-7-8-9-10-13-19-23(5-2,6-3)22-18-14-16-20-15-11-12-17-21(20)22;/h11-12,14-18H,4-10,13,19H2,1-3H3;1H2/q+1;/p-1. The average molecular weight is 330 g/mol. The van der Waals surface area contributed by atoms with E-state index in [2.05, 4.69) is 63.2 Å². The Hall–Kier alpha value is -1.38. The van der Waals surface area contributed by atoms with Crippen molar-refractivity contribution in [1.29, 1.82) is 0 Å². The molecule has 0 radical (unpaired) electrons. The molecule has 0 fully saturated rings. The van der Waals surface area contributed by atoms with Gasteiger partial charge in [0.2, 0.25) is 0 Å². The highest BCUT2D eigenvalue weighted by molar-refractivity contribution is 5.93. The molecule has 24 heavy (non-hydrogen) atoms. The zero-order valence-electron chi connectivity index (χ0n) is 15.8. The lowest BCUT2D eigenvalue weighted by atomic mass is 10.0. The summed E-state index contributed by atoms with van der Waals surface area (Å²) in [6.07, 6.45) is 8.25. The highest BCUT2D eigenvalue weighted by atomic mass is 16.0. The lowest BCUT2D eigenvalue weighted by Crippen LogP contribution is -2.49. The highest BCUT2D eigenvalue weighted by Gasteiger charge is 2.27. The van der Waals surface area contributed by atoms with Crippen molar-refractivity contribution < 1.29 is 5.48 Å². The maximum atomic E-state index is 2.35. The number of unbranched alkanes of at least 4 members (excludes halogenated alkanes) is 5. The molecule has 0 saturated heterocycles. The van der Waals surface area contributed by atoms with Crippen molar-refractivity contribution in [3.05, 3.63) is 42.5 Å². The second kappa shape index (κ2) is 10.5. The maximum absolute atomic E-state index is 2.35. The smallest absolute Gasteiger partial charge is 0.140 e. The Labute approximate surface area is 148 Å². The summed E-state index contributed by atoms with van der Waals surface area (Å²) < 4.78 is 1.12. The lowest BCUT2D eigenvalue weighted by molar-refractivity contribution is 0.294. The van der Waals surface area contributed by atoms with E-state index in [-0.39, 0.29) is 5.48 Å². The molecule has 0 spiro atoms. The zero-order chi connectivity index (χ0) is 16.5. The number of quaternary nitrogens is 1. The summed E-state index contributed by atoms with van der Waals surface area (Å²) in [7, 11) is 0. The molecule has 0 aliphatic rings. The molecule has 134 valence electrons. The van der Waals surface area contributed by atoms with Crippen molar-refractivity contribution in [3.8, 4) is 0 Å². The van der Waals surface area contributed by atoms with E-state index in [0.717, 1.165) is 4.48 Å². The van der Waals surface area contributed by atoms with Crippen molar-refractivity contribution in [2.24, 2.45) is 0 Å². The normalized spacial score (nSPS) is 11.5. The van der Waals surface area contributed by atoms with E-state index < -0.39 is 0 Å². The summed E-state index contributed by atoms with van der Waals surface area (Å²) in [5.41, 5.74) is 1.52. The van der Waals surface area contributed by atoms with Gasteiger partial charge in [-0.2, -0.15) is 0 Å². The third kappa shape index (κ3) is 4.81. The van der Waals surface area contributed by atoms with Crippen LogP contribution in [-0.4, -0.2) is 25.1 Å². The first-order valence-corrected chi connectivity index (χ1v) is 9.61. The molecule has 2 nitrogen and oxygen atoms in total. The van der Waals surface area contributed by atoms with Crippen LogP contribution in [0.4, 0.5) is 5.69 Å². The third-order valence-electron chi connectivity index (χ3n) is 5.43. The number of hydrogen-bond donors (Lipinski definition) is 0. The van der Waals surface area contributed by atoms with E-state index >= 15 is 0 Å². The molecule has 0 unspecified atom stereocenters. The van der Waals surface area contributed by atoms with Gasteiger partial charge in [0.15, 0.2) is 0 Å². The summed E-state index contributed by atoms with van der Waals surface area (Å²) in [5, 5.41) is 2.81. The van der Waals surface area contributed by atoms with Crippen LogP contribution in [0.15, 0.2) is 42.5 Å². The van der Waals surface area contributed by atoms with Crippen molar-refractivity contribution in [3.63, 3.8) is 0 Å². The van der Waals surface area contributed by atoms with E-state index in [1.54, 1.807) is 0 Å². The third-order valence-corrected chi connectivity index (χ3v) is 5.43. The lowest BCUT2D eigenvalue weighted by Gasteiger charge is -2.37. The molecule has 0 heterocycles. The number of fused-ring (bicyclic) bond motifs is 1. The largest absolute Gasteiger partial charge is 0.870 e. The van der Waals surface area contributed by atoms with Gasteiger partial charge in [0, 0.05) is 5.39 Å². The van der Waals surface area contributed by atoms with Gasteiger partial charge in [-0.3, -0.25) is 4.48 Å². The van der Waals surface area contributed by atoms with Gasteiger partial charge in [0.25, 0.3) is 0 Å². The molecule has 2 heteroatoms. The second-order valence-corrected chi connectivity index (χ2v) is 6.77. The first kappa shape index (κ1) is 20.7. The van der Waals surface area contributed by atoms with Gasteiger partial charge >= 0.3 is 0 Å². The highest BCUT2D eigenvalue weighted by Crippen LogP contribution is 2.32. The summed E-state index contributed by atoms with van der Waals surface area (Å²) in [4.78, 5) is 0. The van der Waals surface area contributed by atoms with Crippen LogP contribution in [0.5, 0.6) is 0 Å². The summed E-state index contributed by atoms with van der Waals surface area (Å²) in [6, 6.07) is 15.7. The first-order valence-electron chi connectivity index (χ1n) is 9.61. The molecule has 2 aromatic carbocycles. The molecular weight excluding hydrogens is 294 g/mol. The van der Waals surface area contributed by atoms with Crippen molar-refractivity contribution in [2.75, 3.05) is 19.6 Å². The number of nitrogens with zero attached hydrogens (tertiary/aromatic N) is 1. The quantitative estimate of drug-likeness (QED) is 0.368. The van der Waals surface area contributed by atoms with Crippen LogP contribution in [0.2, 0.25) is 0 Å². The van der Waals surface area contributed by atoms with Crippen LogP contribution < -0.4 is 4.48 Å². The molecule has 0 bridgehead atoms. The second-order valence-electron chi connectivity index (χ2n) is 6.77. The Morgan fingerprint density at radius 3 is 2.04 bits per heavy atom. The minimum absolute atomic E-state index is 0. The topological polar surface area (TPSA) is 30.0 Å². The fraction of sp³-hybridized carbons (Fsp3) is 0.545. The van der Waals surface area contributed by atoms with Crippen LogP contribution in [-0.2, 0) is 0 Å². The van der Waals surface area contributed by atoms with Crippen molar-refractivity contribution >= 4 is 16.5 Å². The number of benzene rings is 2. The van der Waals surface area contributed by atoms with Gasteiger partial charge in [0.1, 0.15) is 5.69 Å². The average Bonchev–Trinajstić information content (AvgIpc) is 2.61. The van der Waals surface area contributed by atoms with E-state index in [1.165, 1.54) is 74.6 Å². The first-order chi connectivity index (χ1) is 11.3. The van der Waals surface area contributed by atoms with Gasteiger partial charge in [-0.15, -0.1) is 0 Å². The SMILES string of the molecule is CCCCCCCC[N+](CC)(CC)c1cccc2ccccc12.[OH-]. The molecule has 0 aromatic heterocycles. The van der Waals surface area contributed by atoms with E-state index in [0.29, 0.717) is 0 Å². The monoisotopic (exact) mass is 329 g/mol. The summed E-state index contributed by atoms with van der Waals surface area (Å²) in [6.45, 7) is 10.6. The van der Waals surface area contributed by atoms with Crippen molar-refractivity contribution in [2.45, 2.75) is 59.3 Å². The Bertz CT molecular complexity index is 584. The fourth-order valence-electron chi connectivity index (χ4n) is 3.82. The van der Waals surface area contributed by atoms with Crippen LogP contribution >= 0.6 is 0 Å². The minimum atomic E-state index is 0. The fourth-order valence-corrected chi connectivity index (χ4v) is 3.82. The molecule has 0 aliphatic heterocycles. The molecule has 0 saturated carbocycles. The molecule has 2 aromatic rings. The van der Waals surface area contributed by atoms with Crippen LogP contribution in [0, 0.1) is 0 Å². The van der Waals surface area contributed by atoms with Gasteiger partial charge < -0.3 is 5.48 Å². The van der Waals surface area contributed by atoms with Crippen LogP contribution in [0.3, 0.4) is 0 Å². The molecule has 0 amide bonds. The molecule has 0 atom stereocenters. The van der Waals surface area contributed by atoms with Gasteiger partial charge in [-0.05, 0) is 44.2 Å². The maximum Gasteiger partial charge on any atom is 0.140 e. The van der Waals surface area contributed by atoms with E-state index in [1.807, 2.05) is 0 Å². The van der Waals surface area contributed by atoms with Gasteiger partial charge in [0.05, 0.1) is 19.6 Å². The number of hydrogen-bond acceptors (Lipinski definition) is 1. The van der Waals surface area contributed by atoms with E-state index in [4.69, 9.17) is 0 Å². The van der Waals surface area contributed by atoms with Crippen molar-refractivity contribution in [1.82, 2.24) is 4.48 Å². The number of rotatable bonds is 10. The summed E-state index contributed by atoms with van der Waals surface area (Å²) >= 11 is 0. The molecule has 1 N–H and O–H groups in total. The Kier molecular flexibility index (Phi) is 9.02. The predicted molar refractivity (Wildman–Crippen MR) is 107 cm³/mol. The van der Waals surface area contributed by atoms with Gasteiger partial charge in [-0.25, -0.2) is 0 Å². The molecule has 0 aliphatic carbocycles. The summed E-state index contributed by atoms with van der Waals surface area (Å²) in [5.74, 6) is 0. The van der Waals surface area contributed by atoms with Crippen LogP contribution in [0.1, 0.15) is 59.3 Å².